The van der Waals surface area contributed by atoms with Crippen molar-refractivity contribution in [3.8, 4) is 0 Å². The maximum Gasteiger partial charge on any atom is 0.251 e. The van der Waals surface area contributed by atoms with Crippen LogP contribution in [0, 0.1) is 0 Å². The van der Waals surface area contributed by atoms with Crippen molar-refractivity contribution in [2.75, 3.05) is 26.3 Å². The Hall–Kier alpha value is -2.69. The predicted octanol–water partition coefficient (Wildman–Crippen LogP) is -1.21. The monoisotopic (exact) mass is 353 g/mol. The van der Waals surface area contributed by atoms with Gasteiger partial charge in [0.1, 0.15) is 0 Å². The van der Waals surface area contributed by atoms with Crippen molar-refractivity contribution in [3.05, 3.63) is 39.8 Å². The third-order valence-corrected chi connectivity index (χ3v) is 3.02. The molecular weight excluding hydrogens is 334 g/mol. The van der Waals surface area contributed by atoms with E-state index < -0.39 is 37.2 Å². The maximum absolute atomic E-state index is 12.1. The van der Waals surface area contributed by atoms with Crippen LogP contribution in [-0.4, -0.2) is 70.8 Å². The van der Waals surface area contributed by atoms with Gasteiger partial charge in [-0.1, -0.05) is 5.11 Å². The number of carbonyl (C=O) groups is 2. The van der Waals surface area contributed by atoms with E-state index in [1.165, 1.54) is 18.2 Å². The highest BCUT2D eigenvalue weighted by atomic mass is 16.3. The van der Waals surface area contributed by atoms with Crippen molar-refractivity contribution in [1.29, 1.82) is 0 Å². The fourth-order valence-electron chi connectivity index (χ4n) is 1.74. The van der Waals surface area contributed by atoms with E-state index in [-0.39, 0.29) is 29.9 Å². The van der Waals surface area contributed by atoms with Crippen LogP contribution in [0.4, 0.5) is 5.69 Å². The van der Waals surface area contributed by atoms with E-state index in [1.807, 2.05) is 0 Å². The van der Waals surface area contributed by atoms with Crippen LogP contribution in [0.1, 0.15) is 20.7 Å². The molecule has 2 atom stereocenters. The van der Waals surface area contributed by atoms with Crippen LogP contribution in [-0.2, 0) is 0 Å². The molecule has 1 rings (SSSR count). The summed E-state index contributed by atoms with van der Waals surface area (Å²) in [6.45, 7) is -1.46. The smallest absolute Gasteiger partial charge is 0.251 e. The molecule has 11 heteroatoms. The van der Waals surface area contributed by atoms with Gasteiger partial charge in [-0.05, 0) is 23.7 Å². The van der Waals surface area contributed by atoms with E-state index in [4.69, 9.17) is 15.7 Å². The number of nitrogens with zero attached hydrogens (tertiary/aromatic N) is 3. The van der Waals surface area contributed by atoms with Crippen LogP contribution < -0.4 is 10.6 Å². The molecule has 2 amide bonds. The molecule has 0 saturated carbocycles. The van der Waals surface area contributed by atoms with Gasteiger partial charge in [0.25, 0.3) is 11.8 Å². The van der Waals surface area contributed by atoms with Gasteiger partial charge in [-0.25, -0.2) is 0 Å². The average Bonchev–Trinajstić information content (AvgIpc) is 2.63. The summed E-state index contributed by atoms with van der Waals surface area (Å²) < 4.78 is 0. The van der Waals surface area contributed by atoms with Gasteiger partial charge in [0.05, 0.1) is 25.4 Å². The number of aliphatic hydroxyl groups is 4. The van der Waals surface area contributed by atoms with E-state index in [1.54, 1.807) is 0 Å². The molecule has 0 radical (unpaired) electrons. The Kier molecular flexibility index (Phi) is 8.33. The Morgan fingerprint density at radius 2 is 1.44 bits per heavy atom. The maximum atomic E-state index is 12.1. The Morgan fingerprint density at radius 3 is 1.80 bits per heavy atom. The molecular formula is C14H19N5O6. The van der Waals surface area contributed by atoms with Crippen LogP contribution in [0.2, 0.25) is 0 Å². The van der Waals surface area contributed by atoms with Crippen molar-refractivity contribution < 1.29 is 30.0 Å². The zero-order valence-corrected chi connectivity index (χ0v) is 13.2. The Morgan fingerprint density at radius 1 is 1.00 bits per heavy atom. The molecule has 0 aromatic heterocycles. The summed E-state index contributed by atoms with van der Waals surface area (Å²) in [7, 11) is 0. The molecule has 0 aliphatic carbocycles. The van der Waals surface area contributed by atoms with Crippen LogP contribution in [0.3, 0.4) is 0 Å². The fourth-order valence-corrected chi connectivity index (χ4v) is 1.74. The van der Waals surface area contributed by atoms with Crippen molar-refractivity contribution in [2.24, 2.45) is 5.11 Å². The summed E-state index contributed by atoms with van der Waals surface area (Å²) in [4.78, 5) is 26.7. The summed E-state index contributed by atoms with van der Waals surface area (Å²) in [6.07, 6.45) is -2.26. The van der Waals surface area contributed by atoms with E-state index in [2.05, 4.69) is 20.7 Å². The second-order valence-corrected chi connectivity index (χ2v) is 5.05. The molecule has 136 valence electrons. The molecule has 11 nitrogen and oxygen atoms in total. The van der Waals surface area contributed by atoms with E-state index in [0.717, 1.165) is 0 Å². The average molecular weight is 353 g/mol. The van der Waals surface area contributed by atoms with Crippen molar-refractivity contribution in [1.82, 2.24) is 10.6 Å². The van der Waals surface area contributed by atoms with Gasteiger partial charge in [-0.15, -0.1) is 0 Å². The largest absolute Gasteiger partial charge is 0.394 e. The topological polar surface area (TPSA) is 188 Å². The third-order valence-electron chi connectivity index (χ3n) is 3.02. The van der Waals surface area contributed by atoms with Crippen molar-refractivity contribution in [2.45, 2.75) is 12.2 Å². The molecule has 0 fully saturated rings. The minimum absolute atomic E-state index is 0.00268. The predicted molar refractivity (Wildman–Crippen MR) is 86.1 cm³/mol. The lowest BCUT2D eigenvalue weighted by atomic mass is 10.1. The first-order valence-electron chi connectivity index (χ1n) is 7.25. The number of aliphatic hydroxyl groups excluding tert-OH is 4. The van der Waals surface area contributed by atoms with E-state index in [9.17, 15) is 19.8 Å². The Balaban J connectivity index is 2.98. The molecule has 0 saturated heterocycles. The second-order valence-electron chi connectivity index (χ2n) is 5.05. The quantitative estimate of drug-likeness (QED) is 0.183. The van der Waals surface area contributed by atoms with Gasteiger partial charge in [-0.2, -0.15) is 0 Å². The molecule has 2 unspecified atom stereocenters. The zero-order chi connectivity index (χ0) is 18.8. The molecule has 0 aliphatic rings. The normalized spacial score (nSPS) is 12.6. The van der Waals surface area contributed by atoms with Crippen LogP contribution in [0.5, 0.6) is 0 Å². The van der Waals surface area contributed by atoms with E-state index in [0.29, 0.717) is 0 Å². The molecule has 0 bridgehead atoms. The zero-order valence-electron chi connectivity index (χ0n) is 13.2. The summed E-state index contributed by atoms with van der Waals surface area (Å²) in [5.74, 6) is -1.29. The lowest BCUT2D eigenvalue weighted by Gasteiger charge is -2.12. The highest BCUT2D eigenvalue weighted by molar-refractivity contribution is 6.00. The minimum Gasteiger partial charge on any atom is -0.394 e. The first kappa shape index (κ1) is 20.4. The van der Waals surface area contributed by atoms with Gasteiger partial charge >= 0.3 is 0 Å². The molecule has 1 aromatic rings. The lowest BCUT2D eigenvalue weighted by Crippen LogP contribution is -2.35. The fraction of sp³-hybridized carbons (Fsp3) is 0.429. The standard InChI is InChI=1S/C14H19N5O6/c15-19-18-10-2-8(13(24)16-4-11(22)6-20)1-9(3-10)14(25)17-5-12(23)7-21/h1-3,11-12,20-23H,4-7H2,(H,16,24)(H,17,25). The first-order valence-corrected chi connectivity index (χ1v) is 7.25. The number of amides is 2. The van der Waals surface area contributed by atoms with Gasteiger partial charge in [0.2, 0.25) is 0 Å². The molecule has 1 aromatic carbocycles. The number of benzene rings is 1. The number of hydrogen-bond donors (Lipinski definition) is 6. The highest BCUT2D eigenvalue weighted by Gasteiger charge is 2.14. The number of azide groups is 1. The number of nitrogens with one attached hydrogen (secondary N) is 2. The number of hydrogen-bond acceptors (Lipinski definition) is 7. The van der Waals surface area contributed by atoms with Gasteiger partial charge in [-0.3, -0.25) is 9.59 Å². The number of rotatable bonds is 9. The van der Waals surface area contributed by atoms with Crippen LogP contribution >= 0.6 is 0 Å². The molecule has 0 spiro atoms. The van der Waals surface area contributed by atoms with Crippen LogP contribution in [0.15, 0.2) is 23.3 Å². The second kappa shape index (κ2) is 10.2. The molecule has 6 N–H and O–H groups in total. The molecule has 25 heavy (non-hydrogen) atoms. The van der Waals surface area contributed by atoms with Crippen molar-refractivity contribution >= 4 is 17.5 Å². The summed E-state index contributed by atoms with van der Waals surface area (Å²) in [5, 5.41) is 44.0. The van der Waals surface area contributed by atoms with Gasteiger partial charge < -0.3 is 31.1 Å². The molecule has 0 aliphatic heterocycles. The summed E-state index contributed by atoms with van der Waals surface area (Å²) in [6, 6.07) is 3.73. The first-order chi connectivity index (χ1) is 11.9. The summed E-state index contributed by atoms with van der Waals surface area (Å²) in [5.41, 5.74) is 8.55. The SMILES string of the molecule is [N-]=[N+]=Nc1cc(C(=O)NCC(O)CO)cc(C(=O)NCC(O)CO)c1. The van der Waals surface area contributed by atoms with E-state index >= 15 is 0 Å². The summed E-state index contributed by atoms with van der Waals surface area (Å²) >= 11 is 0. The lowest BCUT2D eigenvalue weighted by molar-refractivity contribution is 0.0800. The Bertz CT molecular complexity index is 617. The highest BCUT2D eigenvalue weighted by Crippen LogP contribution is 2.18. The molecule has 0 heterocycles. The number of carbonyl (C=O) groups excluding carboxylic acids is 2. The van der Waals surface area contributed by atoms with Crippen molar-refractivity contribution in [3.63, 3.8) is 0 Å². The Labute approximate surface area is 142 Å². The van der Waals surface area contributed by atoms with Crippen LogP contribution in [0.25, 0.3) is 10.4 Å². The third kappa shape index (κ3) is 6.75. The minimum atomic E-state index is -1.13. The van der Waals surface area contributed by atoms with Gasteiger partial charge in [0.15, 0.2) is 0 Å². The van der Waals surface area contributed by atoms with Gasteiger partial charge in [0, 0.05) is 34.8 Å².